The van der Waals surface area contributed by atoms with Crippen molar-refractivity contribution in [1.82, 2.24) is 10.3 Å². The van der Waals surface area contributed by atoms with Crippen LogP contribution in [-0.2, 0) is 17.7 Å². The van der Waals surface area contributed by atoms with Gasteiger partial charge >= 0.3 is 0 Å². The quantitative estimate of drug-likeness (QED) is 0.578. The van der Waals surface area contributed by atoms with Crippen LogP contribution in [0, 0.1) is 5.21 Å². The van der Waals surface area contributed by atoms with Gasteiger partial charge in [0.1, 0.15) is 5.69 Å². The standard InChI is InChI=1S/C14H14N4O3/c15-14(9-4-2-1-3-5-9)8-13(19)11(18(14)20)7-6-10-12(13)17-21-16-10/h1-5,19H,6-8,15H2/t13-,14-/m0/s1. The summed E-state index contributed by atoms with van der Waals surface area (Å²) in [5.41, 5.74) is 5.43. The summed E-state index contributed by atoms with van der Waals surface area (Å²) in [5, 5.41) is 31.3. The maximum absolute atomic E-state index is 12.7. The van der Waals surface area contributed by atoms with E-state index in [2.05, 4.69) is 10.3 Å². The Bertz CT molecular complexity index is 742. The van der Waals surface area contributed by atoms with Crippen molar-refractivity contribution in [2.24, 2.45) is 5.73 Å². The van der Waals surface area contributed by atoms with Gasteiger partial charge in [0.2, 0.25) is 11.3 Å². The first-order chi connectivity index (χ1) is 10.1. The molecule has 2 aromatic rings. The van der Waals surface area contributed by atoms with E-state index in [9.17, 15) is 10.3 Å². The first-order valence-corrected chi connectivity index (χ1v) is 6.78. The van der Waals surface area contributed by atoms with Crippen LogP contribution in [0.4, 0.5) is 0 Å². The Kier molecular flexibility index (Phi) is 2.32. The van der Waals surface area contributed by atoms with Gasteiger partial charge in [-0.1, -0.05) is 40.6 Å². The van der Waals surface area contributed by atoms with E-state index in [1.54, 1.807) is 12.1 Å². The average molecular weight is 286 g/mol. The average Bonchev–Trinajstić information content (AvgIpc) is 3.04. The van der Waals surface area contributed by atoms with Crippen molar-refractivity contribution in [2.45, 2.75) is 30.5 Å². The van der Waals surface area contributed by atoms with Gasteiger partial charge < -0.3 is 10.3 Å². The molecule has 2 heterocycles. The highest BCUT2D eigenvalue weighted by atomic mass is 16.6. The molecule has 0 unspecified atom stereocenters. The smallest absolute Gasteiger partial charge is 0.254 e. The Balaban J connectivity index is 1.90. The van der Waals surface area contributed by atoms with E-state index in [1.807, 2.05) is 18.2 Å². The van der Waals surface area contributed by atoms with E-state index >= 15 is 0 Å². The predicted molar refractivity (Wildman–Crippen MR) is 72.1 cm³/mol. The Morgan fingerprint density at radius 2 is 2.00 bits per heavy atom. The molecule has 21 heavy (non-hydrogen) atoms. The maximum atomic E-state index is 12.7. The fraction of sp³-hybridized carbons (Fsp3) is 0.357. The number of aryl methyl sites for hydroxylation is 1. The summed E-state index contributed by atoms with van der Waals surface area (Å²) < 4.78 is 5.45. The summed E-state index contributed by atoms with van der Waals surface area (Å²) in [6.07, 6.45) is 0.942. The van der Waals surface area contributed by atoms with Gasteiger partial charge in [-0.05, 0) is 0 Å². The zero-order valence-electron chi connectivity index (χ0n) is 11.2. The van der Waals surface area contributed by atoms with E-state index in [1.165, 1.54) is 0 Å². The van der Waals surface area contributed by atoms with Crippen LogP contribution in [-0.4, -0.2) is 25.9 Å². The number of benzene rings is 1. The number of hydroxylamine groups is 1. The molecule has 0 radical (unpaired) electrons. The van der Waals surface area contributed by atoms with Crippen molar-refractivity contribution in [1.29, 1.82) is 0 Å². The Morgan fingerprint density at radius 1 is 1.24 bits per heavy atom. The number of aromatic nitrogens is 2. The first-order valence-electron chi connectivity index (χ1n) is 6.78. The highest BCUT2D eigenvalue weighted by Crippen LogP contribution is 2.45. The zero-order valence-corrected chi connectivity index (χ0v) is 11.2. The molecular weight excluding hydrogens is 272 g/mol. The van der Waals surface area contributed by atoms with Crippen molar-refractivity contribution in [3.05, 3.63) is 52.5 Å². The predicted octanol–water partition coefficient (Wildman–Crippen LogP) is 0.370. The summed E-state index contributed by atoms with van der Waals surface area (Å²) in [4.78, 5) is 0. The van der Waals surface area contributed by atoms with Crippen molar-refractivity contribution >= 4 is 5.71 Å². The molecule has 2 atom stereocenters. The van der Waals surface area contributed by atoms with Crippen molar-refractivity contribution in [3.63, 3.8) is 0 Å². The minimum absolute atomic E-state index is 0.0318. The summed E-state index contributed by atoms with van der Waals surface area (Å²) in [6, 6.07) is 9.06. The normalized spacial score (nSPS) is 31.1. The van der Waals surface area contributed by atoms with E-state index in [0.717, 1.165) is 4.74 Å². The maximum Gasteiger partial charge on any atom is 0.254 e. The largest absolute Gasteiger partial charge is 0.622 e. The molecule has 3 N–H and O–H groups in total. The second-order valence-electron chi connectivity index (χ2n) is 5.63. The number of fused-ring (bicyclic) bond motifs is 3. The summed E-state index contributed by atoms with van der Waals surface area (Å²) >= 11 is 0. The monoisotopic (exact) mass is 286 g/mol. The third kappa shape index (κ3) is 1.47. The topological polar surface area (TPSA) is 111 Å². The van der Waals surface area contributed by atoms with Crippen molar-refractivity contribution < 1.29 is 14.5 Å². The van der Waals surface area contributed by atoms with E-state index in [0.29, 0.717) is 35.5 Å². The second kappa shape index (κ2) is 3.90. The highest BCUT2D eigenvalue weighted by Gasteiger charge is 2.62. The summed E-state index contributed by atoms with van der Waals surface area (Å²) in [7, 11) is 0. The lowest BCUT2D eigenvalue weighted by Crippen LogP contribution is -2.44. The van der Waals surface area contributed by atoms with Crippen LogP contribution >= 0.6 is 0 Å². The number of nitrogens with two attached hydrogens (primary N) is 1. The van der Waals surface area contributed by atoms with Gasteiger partial charge in [-0.25, -0.2) is 4.63 Å². The molecule has 1 aromatic heterocycles. The van der Waals surface area contributed by atoms with Gasteiger partial charge in [0.15, 0.2) is 5.69 Å². The van der Waals surface area contributed by atoms with E-state index in [4.69, 9.17) is 10.4 Å². The number of hydrogen-bond acceptors (Lipinski definition) is 6. The van der Waals surface area contributed by atoms with Crippen LogP contribution in [0.3, 0.4) is 0 Å². The van der Waals surface area contributed by atoms with Crippen LogP contribution in [0.1, 0.15) is 29.8 Å². The third-order valence-electron chi connectivity index (χ3n) is 4.43. The van der Waals surface area contributed by atoms with Crippen LogP contribution in [0.2, 0.25) is 0 Å². The lowest BCUT2D eigenvalue weighted by molar-refractivity contribution is -0.550. The molecule has 1 aromatic carbocycles. The molecule has 0 fully saturated rings. The summed E-state index contributed by atoms with van der Waals surface area (Å²) in [5.74, 6) is 0. The Morgan fingerprint density at radius 3 is 2.76 bits per heavy atom. The van der Waals surface area contributed by atoms with Gasteiger partial charge in [-0.2, -0.15) is 4.74 Å². The van der Waals surface area contributed by atoms with Crippen LogP contribution in [0.5, 0.6) is 0 Å². The number of nitrogens with zero attached hydrogens (tertiary/aromatic N) is 3. The number of hydrogen-bond donors (Lipinski definition) is 2. The van der Waals surface area contributed by atoms with Crippen LogP contribution in [0.25, 0.3) is 0 Å². The van der Waals surface area contributed by atoms with Gasteiger partial charge in [0.05, 0.1) is 6.42 Å². The molecule has 7 nitrogen and oxygen atoms in total. The molecule has 108 valence electrons. The van der Waals surface area contributed by atoms with Crippen molar-refractivity contribution in [2.75, 3.05) is 0 Å². The number of rotatable bonds is 1. The summed E-state index contributed by atoms with van der Waals surface area (Å²) in [6.45, 7) is 0. The molecule has 4 rings (SSSR count). The molecule has 0 bridgehead atoms. The Labute approximate surface area is 120 Å². The molecular formula is C14H14N4O3. The molecule has 1 aliphatic carbocycles. The van der Waals surface area contributed by atoms with Gasteiger partial charge in [0.25, 0.3) is 5.66 Å². The third-order valence-corrected chi connectivity index (χ3v) is 4.43. The van der Waals surface area contributed by atoms with Crippen LogP contribution in [0.15, 0.2) is 35.0 Å². The van der Waals surface area contributed by atoms with Gasteiger partial charge in [-0.15, -0.1) is 0 Å². The molecule has 1 aliphatic heterocycles. The van der Waals surface area contributed by atoms with Crippen LogP contribution < -0.4 is 5.73 Å². The Hall–Kier alpha value is -2.25. The van der Waals surface area contributed by atoms with E-state index in [-0.39, 0.29) is 6.42 Å². The SMILES string of the molecule is N[C@@]1(c2ccccc2)C[C@]2(O)C(=[N+]1[O-])CCc1nonc12. The zero-order chi connectivity index (χ0) is 14.7. The fourth-order valence-electron chi connectivity index (χ4n) is 3.37. The molecule has 2 aliphatic rings. The lowest BCUT2D eigenvalue weighted by Gasteiger charge is -2.25. The fourth-order valence-corrected chi connectivity index (χ4v) is 3.37. The second-order valence-corrected chi connectivity index (χ2v) is 5.63. The molecule has 0 amide bonds. The van der Waals surface area contributed by atoms with E-state index < -0.39 is 11.3 Å². The minimum atomic E-state index is -1.50. The molecule has 0 spiro atoms. The van der Waals surface area contributed by atoms with Gasteiger partial charge in [0, 0.05) is 18.4 Å². The highest BCUT2D eigenvalue weighted by molar-refractivity contribution is 5.92. The molecule has 0 saturated heterocycles. The van der Waals surface area contributed by atoms with Gasteiger partial charge in [-0.3, -0.25) is 5.73 Å². The minimum Gasteiger partial charge on any atom is -0.622 e. The first kappa shape index (κ1) is 12.5. The van der Waals surface area contributed by atoms with Crippen molar-refractivity contribution in [3.8, 4) is 0 Å². The molecule has 7 heteroatoms. The molecule has 0 saturated carbocycles. The number of aliphatic hydroxyl groups is 1. The lowest BCUT2D eigenvalue weighted by atomic mass is 9.80.